The monoisotopic (exact) mass is 276 g/mol. The number of pyridine rings is 1. The summed E-state index contributed by atoms with van der Waals surface area (Å²) in [6.45, 7) is 0.200. The minimum Gasteiger partial charge on any atom is -0.484 e. The van der Waals surface area contributed by atoms with E-state index >= 15 is 0 Å². The molecule has 0 N–H and O–H groups in total. The van der Waals surface area contributed by atoms with Gasteiger partial charge in [0.05, 0.1) is 11.9 Å². The molecular formula is C14H10ClFN2O. The maximum Gasteiger partial charge on any atom is 0.165 e. The molecule has 0 aliphatic carbocycles. The molecule has 0 radical (unpaired) electrons. The summed E-state index contributed by atoms with van der Waals surface area (Å²) in [4.78, 5) is 4.22. The Kier molecular flexibility index (Phi) is 3.09. The molecule has 0 aliphatic heterocycles. The fourth-order valence-electron chi connectivity index (χ4n) is 1.87. The summed E-state index contributed by atoms with van der Waals surface area (Å²) in [5, 5.41) is 0.544. The lowest BCUT2D eigenvalue weighted by Gasteiger charge is -2.07. The van der Waals surface area contributed by atoms with Crippen molar-refractivity contribution in [1.29, 1.82) is 0 Å². The molecule has 0 saturated carbocycles. The van der Waals surface area contributed by atoms with Crippen LogP contribution in [0.4, 0.5) is 4.39 Å². The van der Waals surface area contributed by atoms with Crippen molar-refractivity contribution in [1.82, 2.24) is 9.38 Å². The van der Waals surface area contributed by atoms with E-state index in [4.69, 9.17) is 16.3 Å². The molecule has 0 aliphatic rings. The van der Waals surface area contributed by atoms with Crippen LogP contribution in [0.25, 0.3) is 5.65 Å². The van der Waals surface area contributed by atoms with Crippen molar-refractivity contribution < 1.29 is 9.13 Å². The van der Waals surface area contributed by atoms with Gasteiger partial charge in [-0.25, -0.2) is 9.37 Å². The van der Waals surface area contributed by atoms with Crippen molar-refractivity contribution in [2.75, 3.05) is 0 Å². The van der Waals surface area contributed by atoms with Gasteiger partial charge in [-0.2, -0.15) is 0 Å². The topological polar surface area (TPSA) is 26.5 Å². The lowest BCUT2D eigenvalue weighted by Crippen LogP contribution is -2.01. The maximum atomic E-state index is 13.4. The molecule has 0 unspecified atom stereocenters. The highest BCUT2D eigenvalue weighted by atomic mass is 35.5. The van der Waals surface area contributed by atoms with E-state index in [0.717, 1.165) is 11.3 Å². The Balaban J connectivity index is 1.89. The van der Waals surface area contributed by atoms with Gasteiger partial charge >= 0.3 is 0 Å². The Labute approximate surface area is 114 Å². The minimum atomic E-state index is -0.387. The fraction of sp³-hybridized carbons (Fsp3) is 0.0714. The number of ether oxygens (including phenoxy) is 1. The number of aromatic nitrogens is 2. The van der Waals surface area contributed by atoms with Crippen molar-refractivity contribution in [2.45, 2.75) is 6.61 Å². The van der Waals surface area contributed by atoms with Gasteiger partial charge in [-0.1, -0.05) is 29.8 Å². The van der Waals surface area contributed by atoms with Crippen molar-refractivity contribution in [3.8, 4) is 5.75 Å². The number of nitrogens with zero attached hydrogens (tertiary/aromatic N) is 2. The zero-order valence-corrected chi connectivity index (χ0v) is 10.6. The Hall–Kier alpha value is -2.07. The largest absolute Gasteiger partial charge is 0.484 e. The molecule has 3 rings (SSSR count). The first-order valence-electron chi connectivity index (χ1n) is 5.74. The van der Waals surface area contributed by atoms with Crippen LogP contribution in [0.1, 0.15) is 5.69 Å². The van der Waals surface area contributed by atoms with E-state index < -0.39 is 0 Å². The standard InChI is InChI=1S/C14H10ClFN2O/c15-13-6-3-7-14-17-8-10(18(13)14)9-19-12-5-2-1-4-11(12)16/h1-8H,9H2. The van der Waals surface area contributed by atoms with Gasteiger partial charge in [0.25, 0.3) is 0 Å². The molecule has 0 atom stereocenters. The molecule has 0 fully saturated rings. The van der Waals surface area contributed by atoms with E-state index in [9.17, 15) is 4.39 Å². The van der Waals surface area contributed by atoms with Gasteiger partial charge in [-0.05, 0) is 24.3 Å². The minimum absolute atomic E-state index is 0.200. The van der Waals surface area contributed by atoms with E-state index in [1.807, 2.05) is 12.1 Å². The summed E-state index contributed by atoms with van der Waals surface area (Å²) in [5.41, 5.74) is 1.50. The van der Waals surface area contributed by atoms with Crippen LogP contribution in [0.3, 0.4) is 0 Å². The van der Waals surface area contributed by atoms with Gasteiger partial charge in [0, 0.05) is 0 Å². The summed E-state index contributed by atoms with van der Waals surface area (Å²) >= 11 is 6.11. The Morgan fingerprint density at radius 2 is 2.00 bits per heavy atom. The van der Waals surface area contributed by atoms with E-state index in [2.05, 4.69) is 4.98 Å². The van der Waals surface area contributed by atoms with Crippen LogP contribution in [-0.4, -0.2) is 9.38 Å². The fourth-order valence-corrected chi connectivity index (χ4v) is 2.14. The molecule has 3 nitrogen and oxygen atoms in total. The quantitative estimate of drug-likeness (QED) is 0.682. The predicted molar refractivity (Wildman–Crippen MR) is 70.9 cm³/mol. The van der Waals surface area contributed by atoms with Crippen LogP contribution < -0.4 is 4.74 Å². The third-order valence-electron chi connectivity index (χ3n) is 2.77. The molecular weight excluding hydrogens is 267 g/mol. The van der Waals surface area contributed by atoms with Crippen LogP contribution in [0.2, 0.25) is 5.15 Å². The molecule has 0 spiro atoms. The summed E-state index contributed by atoms with van der Waals surface area (Å²) in [6, 6.07) is 11.7. The van der Waals surface area contributed by atoms with Crippen LogP contribution in [0.15, 0.2) is 48.7 Å². The van der Waals surface area contributed by atoms with Crippen molar-refractivity contribution in [3.05, 3.63) is 65.3 Å². The average molecular weight is 277 g/mol. The summed E-state index contributed by atoms with van der Waals surface area (Å²) in [6.07, 6.45) is 1.67. The van der Waals surface area contributed by atoms with E-state index in [0.29, 0.717) is 5.15 Å². The molecule has 2 heterocycles. The first-order valence-corrected chi connectivity index (χ1v) is 6.11. The van der Waals surface area contributed by atoms with E-state index in [1.54, 1.807) is 34.9 Å². The molecule has 0 saturated heterocycles. The number of fused-ring (bicyclic) bond motifs is 1. The molecule has 5 heteroatoms. The second-order valence-corrected chi connectivity index (χ2v) is 4.40. The molecule has 3 aromatic rings. The zero-order valence-electron chi connectivity index (χ0n) is 9.88. The van der Waals surface area contributed by atoms with Crippen molar-refractivity contribution >= 4 is 17.2 Å². The van der Waals surface area contributed by atoms with Crippen LogP contribution in [-0.2, 0) is 6.61 Å². The van der Waals surface area contributed by atoms with Gasteiger partial charge in [0.2, 0.25) is 0 Å². The SMILES string of the molecule is Fc1ccccc1OCc1cnc2cccc(Cl)n12. The first-order chi connectivity index (χ1) is 9.25. The molecule has 96 valence electrons. The Morgan fingerprint density at radius 1 is 1.16 bits per heavy atom. The average Bonchev–Trinajstić information content (AvgIpc) is 2.83. The molecule has 19 heavy (non-hydrogen) atoms. The van der Waals surface area contributed by atoms with Crippen molar-refractivity contribution in [3.63, 3.8) is 0 Å². The van der Waals surface area contributed by atoms with Crippen LogP contribution in [0, 0.1) is 5.82 Å². The molecule has 0 bridgehead atoms. The van der Waals surface area contributed by atoms with Gasteiger partial charge in [-0.3, -0.25) is 4.40 Å². The highest BCUT2D eigenvalue weighted by Gasteiger charge is 2.08. The van der Waals surface area contributed by atoms with Crippen LogP contribution >= 0.6 is 11.6 Å². The van der Waals surface area contributed by atoms with Crippen molar-refractivity contribution in [2.24, 2.45) is 0 Å². The molecule has 0 amide bonds. The maximum absolute atomic E-state index is 13.4. The lowest BCUT2D eigenvalue weighted by molar-refractivity contribution is 0.285. The number of imidazole rings is 1. The van der Waals surface area contributed by atoms with E-state index in [1.165, 1.54) is 6.07 Å². The normalized spacial score (nSPS) is 10.8. The number of halogens is 2. The number of rotatable bonds is 3. The van der Waals surface area contributed by atoms with Gasteiger partial charge < -0.3 is 4.74 Å². The van der Waals surface area contributed by atoms with Gasteiger partial charge in [-0.15, -0.1) is 0 Å². The predicted octanol–water partition coefficient (Wildman–Crippen LogP) is 3.71. The van der Waals surface area contributed by atoms with E-state index in [-0.39, 0.29) is 18.2 Å². The first kappa shape index (κ1) is 12.0. The molecule has 2 aromatic heterocycles. The zero-order chi connectivity index (χ0) is 13.2. The smallest absolute Gasteiger partial charge is 0.165 e. The third-order valence-corrected chi connectivity index (χ3v) is 3.06. The van der Waals surface area contributed by atoms with Gasteiger partial charge in [0.1, 0.15) is 17.4 Å². The highest BCUT2D eigenvalue weighted by Crippen LogP contribution is 2.19. The third kappa shape index (κ3) is 2.27. The second-order valence-electron chi connectivity index (χ2n) is 4.01. The second kappa shape index (κ2) is 4.90. The van der Waals surface area contributed by atoms with Gasteiger partial charge in [0.15, 0.2) is 11.6 Å². The Morgan fingerprint density at radius 3 is 2.84 bits per heavy atom. The van der Waals surface area contributed by atoms with Crippen LogP contribution in [0.5, 0.6) is 5.75 Å². The molecule has 1 aromatic carbocycles. The number of hydrogen-bond acceptors (Lipinski definition) is 2. The summed E-state index contributed by atoms with van der Waals surface area (Å²) in [7, 11) is 0. The number of benzene rings is 1. The highest BCUT2D eigenvalue weighted by molar-refractivity contribution is 6.29. The number of hydrogen-bond donors (Lipinski definition) is 0. The summed E-state index contributed by atoms with van der Waals surface area (Å²) < 4.78 is 20.7. The Bertz CT molecular complexity index is 726. The summed E-state index contributed by atoms with van der Waals surface area (Å²) in [5.74, 6) is -0.174. The lowest BCUT2D eigenvalue weighted by atomic mass is 10.3. The number of para-hydroxylation sites is 1.